The van der Waals surface area contributed by atoms with Crippen LogP contribution in [-0.4, -0.2) is 12.6 Å². The van der Waals surface area contributed by atoms with E-state index < -0.39 is 0 Å². The second-order valence-electron chi connectivity index (χ2n) is 3.68. The van der Waals surface area contributed by atoms with Crippen LogP contribution < -0.4 is 4.74 Å². The summed E-state index contributed by atoms with van der Waals surface area (Å²) in [5, 5.41) is 0. The first-order valence-corrected chi connectivity index (χ1v) is 5.55. The van der Waals surface area contributed by atoms with E-state index in [4.69, 9.17) is 9.47 Å². The highest BCUT2D eigenvalue weighted by atomic mass is 16.5. The highest BCUT2D eigenvalue weighted by molar-refractivity contribution is 5.89. The third-order valence-corrected chi connectivity index (χ3v) is 2.50. The lowest BCUT2D eigenvalue weighted by molar-refractivity contribution is -0.138. The topological polar surface area (TPSA) is 35.5 Å². The molecule has 3 nitrogen and oxygen atoms in total. The monoisotopic (exact) mass is 230 g/mol. The first-order chi connectivity index (χ1) is 8.22. The average Bonchev–Trinajstić information content (AvgIpc) is 2.37. The van der Waals surface area contributed by atoms with Crippen molar-refractivity contribution < 1.29 is 14.3 Å². The van der Waals surface area contributed by atoms with Crippen molar-refractivity contribution in [1.82, 2.24) is 0 Å². The molecule has 3 heteroatoms. The maximum Gasteiger partial charge on any atom is 0.337 e. The van der Waals surface area contributed by atoms with Crippen molar-refractivity contribution >= 4 is 12.0 Å². The highest BCUT2D eigenvalue weighted by Crippen LogP contribution is 2.28. The Balaban J connectivity index is 2.28. The molecule has 0 atom stereocenters. The second-order valence-corrected chi connectivity index (χ2v) is 3.68. The molecule has 1 heterocycles. The van der Waals surface area contributed by atoms with E-state index in [0.717, 1.165) is 11.3 Å². The van der Waals surface area contributed by atoms with Crippen LogP contribution in [0.5, 0.6) is 5.75 Å². The van der Waals surface area contributed by atoms with Crippen LogP contribution in [0.1, 0.15) is 19.4 Å². The van der Waals surface area contributed by atoms with Crippen molar-refractivity contribution in [3.05, 3.63) is 47.2 Å². The van der Waals surface area contributed by atoms with E-state index in [1.54, 1.807) is 19.9 Å². The van der Waals surface area contributed by atoms with Gasteiger partial charge in [-0.3, -0.25) is 0 Å². The summed E-state index contributed by atoms with van der Waals surface area (Å²) in [5.74, 6) is 0.960. The predicted molar refractivity (Wildman–Crippen MR) is 65.4 cm³/mol. The van der Waals surface area contributed by atoms with E-state index in [0.29, 0.717) is 17.9 Å². The molecule has 0 unspecified atom stereocenters. The maximum atomic E-state index is 11.6. The molecule has 0 saturated heterocycles. The van der Waals surface area contributed by atoms with Crippen molar-refractivity contribution in [3.63, 3.8) is 0 Å². The molecule has 0 fully saturated rings. The van der Waals surface area contributed by atoms with Gasteiger partial charge in [-0.15, -0.1) is 0 Å². The van der Waals surface area contributed by atoms with Gasteiger partial charge in [0.25, 0.3) is 0 Å². The summed E-state index contributed by atoms with van der Waals surface area (Å²) in [4.78, 5) is 11.6. The molecule has 2 rings (SSSR count). The van der Waals surface area contributed by atoms with Gasteiger partial charge in [0.1, 0.15) is 11.5 Å². The largest absolute Gasteiger partial charge is 0.463 e. The summed E-state index contributed by atoms with van der Waals surface area (Å²) < 4.78 is 10.6. The molecule has 0 saturated carbocycles. The number of para-hydroxylation sites is 1. The molecular formula is C14H14O3. The normalized spacial score (nSPS) is 15.9. The molecule has 17 heavy (non-hydrogen) atoms. The summed E-state index contributed by atoms with van der Waals surface area (Å²) in [6.45, 7) is 3.85. The Hall–Kier alpha value is -2.03. The number of carbonyl (C=O) groups excluding carboxylic acids is 1. The zero-order valence-electron chi connectivity index (χ0n) is 9.90. The molecule has 0 aromatic heterocycles. The molecule has 0 radical (unpaired) electrons. The predicted octanol–water partition coefficient (Wildman–Crippen LogP) is 2.93. The zero-order valence-corrected chi connectivity index (χ0v) is 9.90. The second kappa shape index (κ2) is 4.87. The van der Waals surface area contributed by atoms with Crippen LogP contribution >= 0.6 is 0 Å². The third kappa shape index (κ3) is 2.38. The number of carbonyl (C=O) groups is 1. The Morgan fingerprint density at radius 1 is 1.29 bits per heavy atom. The lowest BCUT2D eigenvalue weighted by Gasteiger charge is -2.16. The summed E-state index contributed by atoms with van der Waals surface area (Å²) >= 11 is 0. The summed E-state index contributed by atoms with van der Waals surface area (Å²) in [5.41, 5.74) is 1.49. The fourth-order valence-electron chi connectivity index (χ4n) is 1.57. The number of hydrogen-bond donors (Lipinski definition) is 0. The van der Waals surface area contributed by atoms with E-state index in [-0.39, 0.29) is 5.97 Å². The molecule has 1 aliphatic rings. The molecule has 1 aliphatic heterocycles. The van der Waals surface area contributed by atoms with Crippen molar-refractivity contribution in [2.45, 2.75) is 13.8 Å². The van der Waals surface area contributed by atoms with Crippen LogP contribution in [0.15, 0.2) is 41.7 Å². The van der Waals surface area contributed by atoms with Gasteiger partial charge < -0.3 is 9.47 Å². The molecule has 0 N–H and O–H groups in total. The fourth-order valence-corrected chi connectivity index (χ4v) is 1.57. The first-order valence-electron chi connectivity index (χ1n) is 5.55. The molecule has 0 spiro atoms. The van der Waals surface area contributed by atoms with E-state index >= 15 is 0 Å². The number of allylic oxidation sites excluding steroid dienone is 1. The SMILES string of the molecule is CCOC(=O)/C(C)=C1\C=Cc2ccccc2O1. The molecule has 1 aromatic rings. The Labute approximate surface area is 100 Å². The summed E-state index contributed by atoms with van der Waals surface area (Å²) in [7, 11) is 0. The van der Waals surface area contributed by atoms with Gasteiger partial charge in [-0.25, -0.2) is 4.79 Å². The maximum absolute atomic E-state index is 11.6. The number of hydrogen-bond acceptors (Lipinski definition) is 3. The average molecular weight is 230 g/mol. The lowest BCUT2D eigenvalue weighted by atomic mass is 10.1. The Morgan fingerprint density at radius 3 is 2.82 bits per heavy atom. The van der Waals surface area contributed by atoms with Gasteiger partial charge in [-0.1, -0.05) is 18.2 Å². The zero-order chi connectivity index (χ0) is 12.3. The Bertz CT molecular complexity index is 498. The lowest BCUT2D eigenvalue weighted by Crippen LogP contribution is -2.11. The van der Waals surface area contributed by atoms with Crippen LogP contribution in [0.3, 0.4) is 0 Å². The number of benzene rings is 1. The molecule has 0 aliphatic carbocycles. The Morgan fingerprint density at radius 2 is 2.06 bits per heavy atom. The van der Waals surface area contributed by atoms with Crippen LogP contribution in [0.2, 0.25) is 0 Å². The first kappa shape index (κ1) is 11.5. The molecule has 88 valence electrons. The van der Waals surface area contributed by atoms with Gasteiger partial charge in [0.15, 0.2) is 0 Å². The number of fused-ring (bicyclic) bond motifs is 1. The van der Waals surface area contributed by atoms with E-state index in [1.807, 2.05) is 30.3 Å². The molecular weight excluding hydrogens is 216 g/mol. The van der Waals surface area contributed by atoms with Gasteiger partial charge in [0.05, 0.1) is 12.2 Å². The van der Waals surface area contributed by atoms with E-state index in [1.165, 1.54) is 0 Å². The van der Waals surface area contributed by atoms with E-state index in [2.05, 4.69) is 0 Å². The van der Waals surface area contributed by atoms with Gasteiger partial charge in [0.2, 0.25) is 0 Å². The quantitative estimate of drug-likeness (QED) is 0.579. The minimum atomic E-state index is -0.341. The van der Waals surface area contributed by atoms with Gasteiger partial charge in [-0.2, -0.15) is 0 Å². The van der Waals surface area contributed by atoms with Crippen molar-refractivity contribution in [1.29, 1.82) is 0 Å². The minimum Gasteiger partial charge on any atom is -0.463 e. The standard InChI is InChI=1S/C14H14O3/c1-3-16-14(15)10(2)12-9-8-11-6-4-5-7-13(11)17-12/h4-9H,3H2,1-2H3/b12-10+. The third-order valence-electron chi connectivity index (χ3n) is 2.50. The number of ether oxygens (including phenoxy) is 2. The molecule has 0 bridgehead atoms. The highest BCUT2D eigenvalue weighted by Gasteiger charge is 2.15. The minimum absolute atomic E-state index is 0.341. The molecule has 0 amide bonds. The van der Waals surface area contributed by atoms with Crippen molar-refractivity contribution in [2.24, 2.45) is 0 Å². The van der Waals surface area contributed by atoms with Crippen LogP contribution in [0.25, 0.3) is 6.08 Å². The fraction of sp³-hybridized carbons (Fsp3) is 0.214. The smallest absolute Gasteiger partial charge is 0.337 e. The number of esters is 1. The van der Waals surface area contributed by atoms with Crippen LogP contribution in [0.4, 0.5) is 0 Å². The Kier molecular flexibility index (Phi) is 3.28. The van der Waals surface area contributed by atoms with Crippen molar-refractivity contribution in [2.75, 3.05) is 6.61 Å². The molecule has 1 aromatic carbocycles. The summed E-state index contributed by atoms with van der Waals surface area (Å²) in [6, 6.07) is 7.67. The number of rotatable bonds is 2. The van der Waals surface area contributed by atoms with Crippen molar-refractivity contribution in [3.8, 4) is 5.75 Å². The van der Waals surface area contributed by atoms with Crippen LogP contribution in [-0.2, 0) is 9.53 Å². The summed E-state index contributed by atoms with van der Waals surface area (Å²) in [6.07, 6.45) is 3.71. The van der Waals surface area contributed by atoms with Gasteiger partial charge in [-0.05, 0) is 32.1 Å². The van der Waals surface area contributed by atoms with Crippen LogP contribution in [0, 0.1) is 0 Å². The van der Waals surface area contributed by atoms with Gasteiger partial charge in [0, 0.05) is 5.56 Å². The van der Waals surface area contributed by atoms with E-state index in [9.17, 15) is 4.79 Å². The van der Waals surface area contributed by atoms with Gasteiger partial charge >= 0.3 is 5.97 Å².